The first-order chi connectivity index (χ1) is 14.3. The number of piperidine rings is 1. The quantitative estimate of drug-likeness (QED) is 0.344. The molecule has 0 bridgehead atoms. The molecule has 7 heteroatoms. The van der Waals surface area contributed by atoms with Crippen molar-refractivity contribution in [2.45, 2.75) is 79.4 Å². The van der Waals surface area contributed by atoms with Gasteiger partial charge in [-0.1, -0.05) is 0 Å². The Morgan fingerprint density at radius 3 is 2.37 bits per heavy atom. The summed E-state index contributed by atoms with van der Waals surface area (Å²) >= 11 is 0. The lowest BCUT2D eigenvalue weighted by atomic mass is 9.97. The molecule has 0 spiro atoms. The monoisotopic (exact) mass is 420 g/mol. The van der Waals surface area contributed by atoms with Crippen molar-refractivity contribution in [3.05, 3.63) is 17.3 Å². The molecule has 1 fully saturated rings. The SMILES string of the molecule is CN=C(NCCCN(C(C)C)C(C)C)NCC1CCN(Cc2nc(C)c(C)o2)CC1. The lowest BCUT2D eigenvalue weighted by molar-refractivity contribution is 0.164. The van der Waals surface area contributed by atoms with Gasteiger partial charge in [0.15, 0.2) is 5.96 Å². The molecule has 0 amide bonds. The molecule has 1 aromatic heterocycles. The van der Waals surface area contributed by atoms with Crippen LogP contribution in [0.2, 0.25) is 0 Å². The van der Waals surface area contributed by atoms with Crippen LogP contribution < -0.4 is 10.6 Å². The Labute approximate surface area is 183 Å². The van der Waals surface area contributed by atoms with E-state index in [1.165, 1.54) is 12.8 Å². The van der Waals surface area contributed by atoms with Crippen molar-refractivity contribution in [3.63, 3.8) is 0 Å². The van der Waals surface area contributed by atoms with Gasteiger partial charge >= 0.3 is 0 Å². The largest absolute Gasteiger partial charge is 0.444 e. The predicted octanol–water partition coefficient (Wildman–Crippen LogP) is 3.18. The second-order valence-corrected chi connectivity index (χ2v) is 9.13. The topological polar surface area (TPSA) is 68.9 Å². The summed E-state index contributed by atoms with van der Waals surface area (Å²) in [6.07, 6.45) is 3.51. The molecule has 172 valence electrons. The molecule has 30 heavy (non-hydrogen) atoms. The van der Waals surface area contributed by atoms with Gasteiger partial charge in [-0.3, -0.25) is 14.8 Å². The number of nitrogens with one attached hydrogen (secondary N) is 2. The van der Waals surface area contributed by atoms with Gasteiger partial charge in [-0.2, -0.15) is 0 Å². The molecule has 0 radical (unpaired) electrons. The number of nitrogens with zero attached hydrogens (tertiary/aromatic N) is 4. The van der Waals surface area contributed by atoms with E-state index in [1.807, 2.05) is 20.9 Å². The number of aliphatic imine (C=N–C) groups is 1. The summed E-state index contributed by atoms with van der Waals surface area (Å²) in [5, 5.41) is 7.00. The summed E-state index contributed by atoms with van der Waals surface area (Å²) < 4.78 is 5.73. The molecule has 0 atom stereocenters. The van der Waals surface area contributed by atoms with Crippen LogP contribution in [0.5, 0.6) is 0 Å². The molecule has 1 aliphatic rings. The van der Waals surface area contributed by atoms with Crippen molar-refractivity contribution in [3.8, 4) is 0 Å². The maximum atomic E-state index is 5.73. The number of aromatic nitrogens is 1. The van der Waals surface area contributed by atoms with Gasteiger partial charge in [0.2, 0.25) is 5.89 Å². The van der Waals surface area contributed by atoms with Crippen LogP contribution in [-0.2, 0) is 6.54 Å². The molecule has 0 aliphatic carbocycles. The van der Waals surface area contributed by atoms with Crippen molar-refractivity contribution in [1.82, 2.24) is 25.4 Å². The zero-order valence-electron chi connectivity index (χ0n) is 20.3. The van der Waals surface area contributed by atoms with Gasteiger partial charge in [-0.05, 0) is 79.8 Å². The number of aryl methyl sites for hydroxylation is 2. The van der Waals surface area contributed by atoms with Gasteiger partial charge in [-0.15, -0.1) is 0 Å². The van der Waals surface area contributed by atoms with Crippen molar-refractivity contribution in [1.29, 1.82) is 0 Å². The van der Waals surface area contributed by atoms with E-state index in [2.05, 4.69) is 58.1 Å². The lowest BCUT2D eigenvalue weighted by Gasteiger charge is -2.31. The van der Waals surface area contributed by atoms with Crippen LogP contribution in [0.1, 0.15) is 64.3 Å². The summed E-state index contributed by atoms with van der Waals surface area (Å²) in [7, 11) is 1.85. The minimum atomic E-state index is 0.588. The highest BCUT2D eigenvalue weighted by molar-refractivity contribution is 5.79. The standard InChI is InChI=1S/C23H44N6O/c1-17(2)29(18(3)4)12-8-11-25-23(24-7)26-15-21-9-13-28(14-10-21)16-22-27-19(5)20(6)30-22/h17-18,21H,8-16H2,1-7H3,(H2,24,25,26). The van der Waals surface area contributed by atoms with Gasteiger partial charge in [-0.25, -0.2) is 4.98 Å². The summed E-state index contributed by atoms with van der Waals surface area (Å²) in [5.41, 5.74) is 1.00. The van der Waals surface area contributed by atoms with E-state index in [1.54, 1.807) is 0 Å². The van der Waals surface area contributed by atoms with Crippen LogP contribution in [0.3, 0.4) is 0 Å². The van der Waals surface area contributed by atoms with E-state index in [4.69, 9.17) is 4.42 Å². The van der Waals surface area contributed by atoms with Gasteiger partial charge in [0.05, 0.1) is 12.2 Å². The minimum Gasteiger partial charge on any atom is -0.444 e. The van der Waals surface area contributed by atoms with Crippen molar-refractivity contribution in [2.24, 2.45) is 10.9 Å². The Morgan fingerprint density at radius 2 is 1.83 bits per heavy atom. The molecule has 0 unspecified atom stereocenters. The molecular weight excluding hydrogens is 376 g/mol. The zero-order chi connectivity index (χ0) is 22.1. The fraction of sp³-hybridized carbons (Fsp3) is 0.826. The third kappa shape index (κ3) is 7.91. The minimum absolute atomic E-state index is 0.588. The number of hydrogen-bond acceptors (Lipinski definition) is 5. The van der Waals surface area contributed by atoms with Gasteiger partial charge in [0, 0.05) is 38.8 Å². The average molecular weight is 421 g/mol. The maximum Gasteiger partial charge on any atom is 0.208 e. The Morgan fingerprint density at radius 1 is 1.17 bits per heavy atom. The second-order valence-electron chi connectivity index (χ2n) is 9.13. The Bertz CT molecular complexity index is 619. The Balaban J connectivity index is 1.62. The normalized spacial score (nSPS) is 16.8. The lowest BCUT2D eigenvalue weighted by Crippen LogP contribution is -2.44. The Hall–Kier alpha value is -1.60. The third-order valence-electron chi connectivity index (χ3n) is 6.13. The number of rotatable bonds is 10. The van der Waals surface area contributed by atoms with E-state index in [0.717, 1.165) is 69.0 Å². The molecule has 7 nitrogen and oxygen atoms in total. The van der Waals surface area contributed by atoms with Crippen molar-refractivity contribution in [2.75, 3.05) is 39.8 Å². The maximum absolute atomic E-state index is 5.73. The predicted molar refractivity (Wildman–Crippen MR) is 125 cm³/mol. The smallest absolute Gasteiger partial charge is 0.208 e. The Kier molecular flexibility index (Phi) is 10.1. The number of oxazole rings is 1. The molecular formula is C23H44N6O. The second kappa shape index (κ2) is 12.3. The van der Waals surface area contributed by atoms with Gasteiger partial charge in [0.25, 0.3) is 0 Å². The molecule has 1 saturated heterocycles. The first-order valence-corrected chi connectivity index (χ1v) is 11.7. The number of likely N-dealkylation sites (tertiary alicyclic amines) is 1. The van der Waals surface area contributed by atoms with Crippen LogP contribution >= 0.6 is 0 Å². The number of guanidine groups is 1. The van der Waals surface area contributed by atoms with Crippen LogP contribution in [0.25, 0.3) is 0 Å². The van der Waals surface area contributed by atoms with E-state index < -0.39 is 0 Å². The summed E-state index contributed by atoms with van der Waals surface area (Å²) in [6, 6.07) is 1.18. The van der Waals surface area contributed by atoms with Crippen LogP contribution in [0, 0.1) is 19.8 Å². The molecule has 2 rings (SSSR count). The molecule has 1 aliphatic heterocycles. The first kappa shape index (κ1) is 24.7. The van der Waals surface area contributed by atoms with E-state index in [9.17, 15) is 0 Å². The third-order valence-corrected chi connectivity index (χ3v) is 6.13. The van der Waals surface area contributed by atoms with Crippen LogP contribution in [0.4, 0.5) is 0 Å². The van der Waals surface area contributed by atoms with Crippen LogP contribution in [0.15, 0.2) is 9.41 Å². The highest BCUT2D eigenvalue weighted by Gasteiger charge is 2.21. The summed E-state index contributed by atoms with van der Waals surface area (Å²) in [5.74, 6) is 3.39. The summed E-state index contributed by atoms with van der Waals surface area (Å²) in [4.78, 5) is 13.9. The molecule has 0 aromatic carbocycles. The van der Waals surface area contributed by atoms with Crippen molar-refractivity contribution >= 4 is 5.96 Å². The highest BCUT2D eigenvalue weighted by atomic mass is 16.4. The molecule has 2 heterocycles. The fourth-order valence-electron chi connectivity index (χ4n) is 4.19. The molecule has 0 saturated carbocycles. The zero-order valence-corrected chi connectivity index (χ0v) is 20.3. The van der Waals surface area contributed by atoms with Crippen molar-refractivity contribution < 1.29 is 4.42 Å². The highest BCUT2D eigenvalue weighted by Crippen LogP contribution is 2.19. The average Bonchev–Trinajstić information content (AvgIpc) is 3.01. The van der Waals surface area contributed by atoms with E-state index in [0.29, 0.717) is 18.0 Å². The van der Waals surface area contributed by atoms with Gasteiger partial charge in [0.1, 0.15) is 5.76 Å². The van der Waals surface area contributed by atoms with E-state index >= 15 is 0 Å². The number of hydrogen-bond donors (Lipinski definition) is 2. The first-order valence-electron chi connectivity index (χ1n) is 11.7. The fourth-order valence-corrected chi connectivity index (χ4v) is 4.19. The molecule has 2 N–H and O–H groups in total. The molecule has 1 aromatic rings. The van der Waals surface area contributed by atoms with Crippen LogP contribution in [-0.4, -0.2) is 72.6 Å². The van der Waals surface area contributed by atoms with E-state index in [-0.39, 0.29) is 0 Å². The summed E-state index contributed by atoms with van der Waals surface area (Å²) in [6.45, 7) is 19.1. The van der Waals surface area contributed by atoms with Gasteiger partial charge < -0.3 is 15.1 Å².